The molecule has 36 heavy (non-hydrogen) atoms. The van der Waals surface area contributed by atoms with Crippen molar-refractivity contribution in [3.8, 4) is 5.88 Å². The number of carbonyl (C=O) groups excluding carboxylic acids is 2. The third kappa shape index (κ3) is 4.60. The highest BCUT2D eigenvalue weighted by Crippen LogP contribution is 2.34. The Morgan fingerprint density at radius 1 is 1.19 bits per heavy atom. The first kappa shape index (κ1) is 24.1. The third-order valence-corrected chi connectivity index (χ3v) is 7.15. The van der Waals surface area contributed by atoms with Crippen LogP contribution in [0.5, 0.6) is 5.88 Å². The zero-order valence-corrected chi connectivity index (χ0v) is 20.8. The lowest BCUT2D eigenvalue weighted by Crippen LogP contribution is -2.33. The van der Waals surface area contributed by atoms with E-state index in [1.807, 2.05) is 58.9 Å². The second-order valence-electron chi connectivity index (χ2n) is 9.23. The quantitative estimate of drug-likeness (QED) is 0.537. The molecule has 2 aliphatic heterocycles. The average molecular weight is 489 g/mol. The summed E-state index contributed by atoms with van der Waals surface area (Å²) in [6.07, 6.45) is 4.34. The second-order valence-corrected chi connectivity index (χ2v) is 9.23. The van der Waals surface area contributed by atoms with Crippen LogP contribution in [0.3, 0.4) is 0 Å². The van der Waals surface area contributed by atoms with Crippen LogP contribution in [0.1, 0.15) is 75.9 Å². The summed E-state index contributed by atoms with van der Waals surface area (Å²) in [5.74, 6) is 0.300. The molecule has 4 heterocycles. The number of methoxy groups -OCH3 is 1. The van der Waals surface area contributed by atoms with Crippen molar-refractivity contribution in [2.45, 2.75) is 51.4 Å². The largest absolute Gasteiger partial charge is 0.481 e. The van der Waals surface area contributed by atoms with Gasteiger partial charge < -0.3 is 24.3 Å². The first-order valence-electron chi connectivity index (χ1n) is 12.6. The Morgan fingerprint density at radius 2 is 2.03 bits per heavy atom. The molecule has 8 heteroatoms. The Labute approximate surface area is 211 Å². The van der Waals surface area contributed by atoms with Gasteiger partial charge in [0, 0.05) is 25.4 Å². The number of ether oxygens (including phenoxy) is 2. The molecule has 2 aromatic heterocycles. The third-order valence-electron chi connectivity index (χ3n) is 7.15. The summed E-state index contributed by atoms with van der Waals surface area (Å²) in [7, 11) is 1.59. The molecule has 188 valence electrons. The maximum atomic E-state index is 13.8. The van der Waals surface area contributed by atoms with E-state index in [1.165, 1.54) is 0 Å². The summed E-state index contributed by atoms with van der Waals surface area (Å²) < 4.78 is 12.8. The molecule has 1 aromatic carbocycles. The minimum Gasteiger partial charge on any atom is -0.481 e. The van der Waals surface area contributed by atoms with Crippen LogP contribution in [0.25, 0.3) is 0 Å². The number of hydrogen-bond acceptors (Lipinski definition) is 5. The highest BCUT2D eigenvalue weighted by Gasteiger charge is 2.35. The fraction of sp³-hybridized carbons (Fsp3) is 0.393. The fourth-order valence-electron chi connectivity index (χ4n) is 5.25. The van der Waals surface area contributed by atoms with Crippen LogP contribution in [0.2, 0.25) is 0 Å². The number of carbonyl (C=O) groups is 2. The summed E-state index contributed by atoms with van der Waals surface area (Å²) in [5.41, 5.74) is 3.85. The van der Waals surface area contributed by atoms with E-state index in [4.69, 9.17) is 9.47 Å². The van der Waals surface area contributed by atoms with E-state index in [0.29, 0.717) is 43.4 Å². The van der Waals surface area contributed by atoms with Gasteiger partial charge in [-0.1, -0.05) is 43.3 Å². The zero-order valence-electron chi connectivity index (χ0n) is 20.8. The van der Waals surface area contributed by atoms with E-state index in [-0.39, 0.29) is 23.9 Å². The van der Waals surface area contributed by atoms with Crippen molar-refractivity contribution in [3.63, 3.8) is 0 Å². The van der Waals surface area contributed by atoms with Crippen molar-refractivity contribution >= 4 is 11.8 Å². The lowest BCUT2D eigenvalue weighted by atomic mass is 10.0. The second kappa shape index (κ2) is 10.5. The van der Waals surface area contributed by atoms with Crippen molar-refractivity contribution in [1.29, 1.82) is 0 Å². The molecule has 1 unspecified atom stereocenters. The predicted molar refractivity (Wildman–Crippen MR) is 135 cm³/mol. The van der Waals surface area contributed by atoms with Gasteiger partial charge in [-0.05, 0) is 36.5 Å². The first-order valence-corrected chi connectivity index (χ1v) is 12.6. The van der Waals surface area contributed by atoms with Gasteiger partial charge in [0.25, 0.3) is 11.8 Å². The number of pyridine rings is 1. The van der Waals surface area contributed by atoms with Crippen LogP contribution >= 0.6 is 0 Å². The molecule has 0 saturated carbocycles. The van der Waals surface area contributed by atoms with E-state index in [1.54, 1.807) is 19.4 Å². The molecule has 2 atom stereocenters. The number of fused-ring (bicyclic) bond motifs is 1. The predicted octanol–water partition coefficient (Wildman–Crippen LogP) is 4.28. The van der Waals surface area contributed by atoms with E-state index >= 15 is 0 Å². The Kier molecular flexibility index (Phi) is 7.04. The number of nitrogens with zero attached hydrogens (tertiary/aromatic N) is 3. The van der Waals surface area contributed by atoms with Gasteiger partial charge in [-0.2, -0.15) is 0 Å². The molecule has 3 aromatic rings. The minimum absolute atomic E-state index is 0.0540. The van der Waals surface area contributed by atoms with Crippen LogP contribution in [-0.2, 0) is 17.9 Å². The molecule has 0 spiro atoms. The molecule has 2 amide bonds. The molecule has 0 bridgehead atoms. The summed E-state index contributed by atoms with van der Waals surface area (Å²) >= 11 is 0. The van der Waals surface area contributed by atoms with E-state index in [2.05, 4.69) is 10.3 Å². The van der Waals surface area contributed by atoms with Crippen LogP contribution in [0, 0.1) is 0 Å². The van der Waals surface area contributed by atoms with Gasteiger partial charge in [0.05, 0.1) is 43.7 Å². The molecule has 1 saturated heterocycles. The van der Waals surface area contributed by atoms with Crippen LogP contribution < -0.4 is 10.1 Å². The monoisotopic (exact) mass is 488 g/mol. The number of amides is 2. The normalized spacial score (nSPS) is 17.9. The van der Waals surface area contributed by atoms with Gasteiger partial charge in [-0.3, -0.25) is 9.59 Å². The van der Waals surface area contributed by atoms with Crippen molar-refractivity contribution < 1.29 is 19.1 Å². The van der Waals surface area contributed by atoms with E-state index < -0.39 is 0 Å². The number of aromatic nitrogens is 2. The molecular formula is C28H32N4O4. The average Bonchev–Trinajstić information content (AvgIpc) is 3.57. The molecule has 8 nitrogen and oxygen atoms in total. The lowest BCUT2D eigenvalue weighted by molar-refractivity contribution is 0.0675. The van der Waals surface area contributed by atoms with Gasteiger partial charge >= 0.3 is 0 Å². The standard InChI is InChI=1S/C28H32N4O4/c1-3-22(19-8-5-4-6-9-19)30-27(33)21-16-24(31-14-15-36-18-25(21)31)28(34)32-13-7-10-23(32)20-11-12-26(35-2)29-17-20/h4-6,8-9,11-12,16-17,22-23H,3,7,10,13-15,18H2,1-2H3,(H,30,33)/t22-,23?/m1/s1. The Morgan fingerprint density at radius 3 is 2.75 bits per heavy atom. The Balaban J connectivity index is 1.42. The smallest absolute Gasteiger partial charge is 0.271 e. The summed E-state index contributed by atoms with van der Waals surface area (Å²) in [6.45, 7) is 4.08. The van der Waals surface area contributed by atoms with Gasteiger partial charge in [0.2, 0.25) is 5.88 Å². The Bertz CT molecular complexity index is 1220. The maximum absolute atomic E-state index is 13.8. The van der Waals surface area contributed by atoms with Gasteiger partial charge in [-0.25, -0.2) is 4.98 Å². The van der Waals surface area contributed by atoms with Crippen molar-refractivity contribution in [2.75, 3.05) is 20.3 Å². The minimum atomic E-state index is -0.184. The summed E-state index contributed by atoms with van der Waals surface area (Å²) in [5, 5.41) is 3.16. The lowest BCUT2D eigenvalue weighted by Gasteiger charge is -2.26. The molecule has 1 fully saturated rings. The van der Waals surface area contributed by atoms with E-state index in [9.17, 15) is 9.59 Å². The van der Waals surface area contributed by atoms with Gasteiger partial charge in [0.15, 0.2) is 0 Å². The maximum Gasteiger partial charge on any atom is 0.271 e. The highest BCUT2D eigenvalue weighted by atomic mass is 16.5. The molecule has 1 N–H and O–H groups in total. The van der Waals surface area contributed by atoms with E-state index in [0.717, 1.165) is 36.1 Å². The number of nitrogens with one attached hydrogen (secondary N) is 1. The van der Waals surface area contributed by atoms with Crippen LogP contribution in [0.4, 0.5) is 0 Å². The van der Waals surface area contributed by atoms with Crippen molar-refractivity contribution in [3.05, 3.63) is 82.8 Å². The highest BCUT2D eigenvalue weighted by molar-refractivity contribution is 6.01. The molecular weight excluding hydrogens is 456 g/mol. The van der Waals surface area contributed by atoms with Gasteiger partial charge in [0.1, 0.15) is 5.69 Å². The zero-order chi connectivity index (χ0) is 25.1. The van der Waals surface area contributed by atoms with Crippen molar-refractivity contribution in [1.82, 2.24) is 19.8 Å². The van der Waals surface area contributed by atoms with Crippen LogP contribution in [-0.4, -0.2) is 46.5 Å². The number of rotatable bonds is 7. The summed E-state index contributed by atoms with van der Waals surface area (Å²) in [6, 6.07) is 15.3. The molecule has 2 aliphatic rings. The fourth-order valence-corrected chi connectivity index (χ4v) is 5.25. The SMILES string of the molecule is CC[C@@H](NC(=O)c1cc(C(=O)N2CCCC2c2ccc(OC)nc2)n2c1COCC2)c1ccccc1. The summed E-state index contributed by atoms with van der Waals surface area (Å²) in [4.78, 5) is 33.5. The number of hydrogen-bond donors (Lipinski definition) is 1. The van der Waals surface area contributed by atoms with Gasteiger partial charge in [-0.15, -0.1) is 0 Å². The molecule has 0 aliphatic carbocycles. The first-order chi connectivity index (χ1) is 17.6. The van der Waals surface area contributed by atoms with Crippen molar-refractivity contribution in [2.24, 2.45) is 0 Å². The molecule has 0 radical (unpaired) electrons. The number of benzene rings is 1. The number of likely N-dealkylation sites (tertiary alicyclic amines) is 1. The molecule has 5 rings (SSSR count). The Hall–Kier alpha value is -3.65. The van der Waals surface area contributed by atoms with Crippen LogP contribution in [0.15, 0.2) is 54.7 Å². The topological polar surface area (TPSA) is 85.7 Å².